The van der Waals surface area contributed by atoms with Gasteiger partial charge in [0.1, 0.15) is 0 Å². The molecule has 0 radical (unpaired) electrons. The van der Waals surface area contributed by atoms with Crippen molar-refractivity contribution in [2.75, 3.05) is 0 Å². The summed E-state index contributed by atoms with van der Waals surface area (Å²) < 4.78 is 1.00. The second-order valence-electron chi connectivity index (χ2n) is 6.22. The van der Waals surface area contributed by atoms with E-state index in [1.54, 1.807) is 41.7 Å². The third-order valence-corrected chi connectivity index (χ3v) is 5.24. The monoisotopic (exact) mass is 439 g/mol. The first-order valence-corrected chi connectivity index (χ1v) is 9.61. The third kappa shape index (κ3) is 3.80. The second-order valence-corrected chi connectivity index (χ2v) is 7.57. The molecule has 1 aliphatic rings. The number of halogens is 2. The van der Waals surface area contributed by atoms with Crippen molar-refractivity contribution in [3.63, 3.8) is 0 Å². The lowest BCUT2D eigenvalue weighted by Gasteiger charge is -2.21. The van der Waals surface area contributed by atoms with Gasteiger partial charge in [0.2, 0.25) is 0 Å². The van der Waals surface area contributed by atoms with E-state index in [4.69, 9.17) is 11.6 Å². The third-order valence-electron chi connectivity index (χ3n) is 4.46. The fourth-order valence-electron chi connectivity index (χ4n) is 3.07. The molecule has 0 saturated carbocycles. The molecular weight excluding hydrogens is 426 g/mol. The number of carbonyl (C=O) groups excluding carboxylic acids is 1. The van der Waals surface area contributed by atoms with Crippen molar-refractivity contribution in [3.05, 3.63) is 99.2 Å². The molecule has 1 atom stereocenters. The highest BCUT2D eigenvalue weighted by molar-refractivity contribution is 9.10. The van der Waals surface area contributed by atoms with Crippen molar-refractivity contribution in [2.24, 2.45) is 5.10 Å². The van der Waals surface area contributed by atoms with E-state index in [9.17, 15) is 4.79 Å². The molecule has 0 fully saturated rings. The number of hydrogen-bond acceptors (Lipinski definition) is 3. The van der Waals surface area contributed by atoms with Gasteiger partial charge in [0.15, 0.2) is 0 Å². The zero-order valence-corrected chi connectivity index (χ0v) is 16.6. The summed E-state index contributed by atoms with van der Waals surface area (Å²) >= 11 is 9.40. The summed E-state index contributed by atoms with van der Waals surface area (Å²) in [5, 5.41) is 6.82. The van der Waals surface area contributed by atoms with Crippen LogP contribution in [0.1, 0.15) is 33.9 Å². The minimum atomic E-state index is -0.194. The highest BCUT2D eigenvalue weighted by Crippen LogP contribution is 2.34. The number of nitrogens with zero attached hydrogens (tertiary/aromatic N) is 3. The fraction of sp³-hybridized carbons (Fsp3) is 0.0952. The average Bonchev–Trinajstić information content (AvgIpc) is 3.15. The molecule has 0 saturated heterocycles. The summed E-state index contributed by atoms with van der Waals surface area (Å²) in [5.74, 6) is -0.160. The lowest BCUT2D eigenvalue weighted by Crippen LogP contribution is -2.27. The zero-order chi connectivity index (χ0) is 18.8. The van der Waals surface area contributed by atoms with Crippen LogP contribution in [0.4, 0.5) is 0 Å². The minimum absolute atomic E-state index is 0.160. The number of aromatic nitrogens is 1. The van der Waals surface area contributed by atoms with Gasteiger partial charge in [0.25, 0.3) is 5.91 Å². The van der Waals surface area contributed by atoms with Gasteiger partial charge < -0.3 is 0 Å². The normalized spacial score (nSPS) is 16.3. The van der Waals surface area contributed by atoms with Gasteiger partial charge in [-0.05, 0) is 53.6 Å². The largest absolute Gasteiger partial charge is 0.274 e. The maximum absolute atomic E-state index is 13.1. The number of hydrogen-bond donors (Lipinski definition) is 0. The molecule has 3 aromatic rings. The Kier molecular flexibility index (Phi) is 5.05. The van der Waals surface area contributed by atoms with Crippen LogP contribution >= 0.6 is 27.5 Å². The van der Waals surface area contributed by atoms with Gasteiger partial charge in [0, 0.05) is 33.9 Å². The molecule has 27 heavy (non-hydrogen) atoms. The average molecular weight is 441 g/mol. The highest BCUT2D eigenvalue weighted by Gasteiger charge is 2.33. The summed E-state index contributed by atoms with van der Waals surface area (Å²) in [6, 6.07) is 18.5. The maximum atomic E-state index is 13.1. The van der Waals surface area contributed by atoms with Crippen molar-refractivity contribution in [1.82, 2.24) is 9.99 Å². The zero-order valence-electron chi connectivity index (χ0n) is 14.2. The van der Waals surface area contributed by atoms with E-state index in [0.29, 0.717) is 17.0 Å². The number of carbonyl (C=O) groups is 1. The molecule has 1 aliphatic heterocycles. The lowest BCUT2D eigenvalue weighted by atomic mass is 9.99. The van der Waals surface area contributed by atoms with Crippen molar-refractivity contribution >= 4 is 39.1 Å². The van der Waals surface area contributed by atoms with Crippen LogP contribution in [0.3, 0.4) is 0 Å². The quantitative estimate of drug-likeness (QED) is 0.541. The standard InChI is InChI=1S/C21H15BrClN3O/c22-17-7-3-14(4-8-17)19-12-20(16-2-1-11-24-13-16)26(25-19)21(27)15-5-9-18(23)10-6-15/h1-11,13,20H,12H2. The van der Waals surface area contributed by atoms with E-state index in [-0.39, 0.29) is 11.9 Å². The fourth-order valence-corrected chi connectivity index (χ4v) is 3.46. The van der Waals surface area contributed by atoms with Crippen LogP contribution in [-0.2, 0) is 0 Å². The van der Waals surface area contributed by atoms with E-state index >= 15 is 0 Å². The molecule has 6 heteroatoms. The Hall–Kier alpha value is -2.50. The molecule has 2 aromatic carbocycles. The first-order chi connectivity index (χ1) is 13.1. The van der Waals surface area contributed by atoms with Gasteiger partial charge in [-0.1, -0.05) is 45.7 Å². The predicted molar refractivity (Wildman–Crippen MR) is 110 cm³/mol. The van der Waals surface area contributed by atoms with Gasteiger partial charge in [0.05, 0.1) is 11.8 Å². The summed E-state index contributed by atoms with van der Waals surface area (Å²) in [6.45, 7) is 0. The van der Waals surface area contributed by atoms with Crippen LogP contribution in [-0.4, -0.2) is 21.6 Å². The molecule has 0 N–H and O–H groups in total. The molecule has 1 aromatic heterocycles. The van der Waals surface area contributed by atoms with Crippen LogP contribution in [0.2, 0.25) is 5.02 Å². The van der Waals surface area contributed by atoms with Crippen LogP contribution in [0, 0.1) is 0 Å². The van der Waals surface area contributed by atoms with E-state index in [1.165, 1.54) is 0 Å². The van der Waals surface area contributed by atoms with Crippen molar-refractivity contribution in [3.8, 4) is 0 Å². The Balaban J connectivity index is 1.72. The number of hydrazone groups is 1. The number of amides is 1. The second kappa shape index (κ2) is 7.62. The molecule has 1 unspecified atom stereocenters. The number of benzene rings is 2. The molecule has 2 heterocycles. The molecule has 0 bridgehead atoms. The maximum Gasteiger partial charge on any atom is 0.274 e. The Labute approximate surface area is 170 Å². The van der Waals surface area contributed by atoms with Gasteiger partial charge in [-0.25, -0.2) is 5.01 Å². The van der Waals surface area contributed by atoms with Crippen LogP contribution in [0.5, 0.6) is 0 Å². The summed E-state index contributed by atoms with van der Waals surface area (Å²) in [6.07, 6.45) is 4.14. The molecule has 4 nitrogen and oxygen atoms in total. The molecule has 4 rings (SSSR count). The van der Waals surface area contributed by atoms with Crippen LogP contribution < -0.4 is 0 Å². The van der Waals surface area contributed by atoms with E-state index < -0.39 is 0 Å². The molecule has 0 aliphatic carbocycles. The molecule has 1 amide bonds. The topological polar surface area (TPSA) is 45.6 Å². The van der Waals surface area contributed by atoms with Crippen LogP contribution in [0.25, 0.3) is 0 Å². The molecular formula is C21H15BrClN3O. The highest BCUT2D eigenvalue weighted by atomic mass is 79.9. The SMILES string of the molecule is O=C(c1ccc(Cl)cc1)N1N=C(c2ccc(Br)cc2)CC1c1cccnc1. The van der Waals surface area contributed by atoms with E-state index in [1.807, 2.05) is 36.4 Å². The number of rotatable bonds is 3. The first kappa shape index (κ1) is 17.9. The Morgan fingerprint density at radius 3 is 2.48 bits per heavy atom. The summed E-state index contributed by atoms with van der Waals surface area (Å²) in [5.41, 5.74) is 3.38. The molecule has 134 valence electrons. The van der Waals surface area contributed by atoms with Crippen molar-refractivity contribution in [2.45, 2.75) is 12.5 Å². The van der Waals surface area contributed by atoms with Gasteiger partial charge in [-0.2, -0.15) is 5.10 Å². The lowest BCUT2D eigenvalue weighted by molar-refractivity contribution is 0.0711. The van der Waals surface area contributed by atoms with Crippen molar-refractivity contribution < 1.29 is 4.79 Å². The van der Waals surface area contributed by atoms with Gasteiger partial charge in [-0.3, -0.25) is 9.78 Å². The summed E-state index contributed by atoms with van der Waals surface area (Å²) in [7, 11) is 0. The number of pyridine rings is 1. The minimum Gasteiger partial charge on any atom is -0.267 e. The van der Waals surface area contributed by atoms with E-state index in [0.717, 1.165) is 21.3 Å². The Morgan fingerprint density at radius 1 is 1.07 bits per heavy atom. The van der Waals surface area contributed by atoms with Gasteiger partial charge in [-0.15, -0.1) is 0 Å². The van der Waals surface area contributed by atoms with Crippen molar-refractivity contribution in [1.29, 1.82) is 0 Å². The van der Waals surface area contributed by atoms with Gasteiger partial charge >= 0.3 is 0 Å². The van der Waals surface area contributed by atoms with E-state index in [2.05, 4.69) is 26.0 Å². The Bertz CT molecular complexity index is 988. The first-order valence-electron chi connectivity index (χ1n) is 8.44. The summed E-state index contributed by atoms with van der Waals surface area (Å²) in [4.78, 5) is 17.3. The Morgan fingerprint density at radius 2 is 1.81 bits per heavy atom. The smallest absolute Gasteiger partial charge is 0.267 e. The predicted octanol–water partition coefficient (Wildman–Crippen LogP) is 5.49. The van der Waals surface area contributed by atoms with Crippen LogP contribution in [0.15, 0.2) is 82.6 Å². The molecule has 0 spiro atoms.